The molecule has 0 bridgehead atoms. The van der Waals surface area contributed by atoms with Gasteiger partial charge in [-0.05, 0) is 49.4 Å². The number of carbonyl (C=O) groups excluding carboxylic acids is 1. The van der Waals surface area contributed by atoms with Crippen LogP contribution in [0.25, 0.3) is 10.9 Å². The van der Waals surface area contributed by atoms with Crippen LogP contribution < -0.4 is 0 Å². The first-order chi connectivity index (χ1) is 16.3. The number of aliphatic hydroxyl groups is 2. The molecule has 34 heavy (non-hydrogen) atoms. The Morgan fingerprint density at radius 2 is 2.03 bits per heavy atom. The molecule has 2 atom stereocenters. The van der Waals surface area contributed by atoms with Gasteiger partial charge in [0.05, 0.1) is 18.4 Å². The summed E-state index contributed by atoms with van der Waals surface area (Å²) in [5.74, 6) is -0.230. The van der Waals surface area contributed by atoms with Crippen molar-refractivity contribution in [2.24, 2.45) is 5.92 Å². The zero-order valence-electron chi connectivity index (χ0n) is 18.3. The zero-order chi connectivity index (χ0) is 24.0. The third-order valence-corrected chi connectivity index (χ3v) is 9.76. The van der Waals surface area contributed by atoms with E-state index in [1.165, 1.54) is 15.6 Å². The van der Waals surface area contributed by atoms with Crippen LogP contribution in [0.1, 0.15) is 26.8 Å². The molecule has 5 rings (SSSR count). The van der Waals surface area contributed by atoms with Crippen LogP contribution >= 0.6 is 22.9 Å². The van der Waals surface area contributed by atoms with Crippen molar-refractivity contribution >= 4 is 49.8 Å². The zero-order valence-corrected chi connectivity index (χ0v) is 20.7. The number of aromatic amines is 1. The van der Waals surface area contributed by atoms with Crippen LogP contribution in [0.15, 0.2) is 29.3 Å². The molecular formula is C22H25ClN4O5S2. The molecule has 1 aliphatic heterocycles. The van der Waals surface area contributed by atoms with Crippen molar-refractivity contribution in [3.8, 4) is 0 Å². The number of sulfonamides is 1. The molecule has 3 aromatic rings. The largest absolute Gasteiger partial charge is 0.394 e. The maximum atomic E-state index is 13.1. The standard InChI is InChI=1S/C22H25ClN4O5S2/c23-15-2-4-16-14(9-15)11-20(24-16)34(31,32)27-7-5-26(6-8-27)22(30)21-25-17-3-1-13(18(29)12-28)10-19(17)33-21/h2,4,9,11,13,18,24,28-29H,1,3,5-8,10,12H2. The van der Waals surface area contributed by atoms with E-state index in [1.54, 1.807) is 29.2 Å². The second kappa shape index (κ2) is 9.21. The van der Waals surface area contributed by atoms with Gasteiger partial charge in [0.15, 0.2) is 5.01 Å². The third kappa shape index (κ3) is 4.36. The number of hydrogen-bond acceptors (Lipinski definition) is 7. The van der Waals surface area contributed by atoms with Crippen LogP contribution in [0.4, 0.5) is 0 Å². The number of rotatable bonds is 5. The van der Waals surface area contributed by atoms with Crippen molar-refractivity contribution in [3.05, 3.63) is 44.9 Å². The minimum Gasteiger partial charge on any atom is -0.394 e. The average molecular weight is 525 g/mol. The van der Waals surface area contributed by atoms with E-state index in [9.17, 15) is 23.4 Å². The fourth-order valence-corrected chi connectivity index (χ4v) is 7.38. The Labute approximate surface area is 206 Å². The maximum Gasteiger partial charge on any atom is 0.282 e. The van der Waals surface area contributed by atoms with E-state index >= 15 is 0 Å². The van der Waals surface area contributed by atoms with E-state index < -0.39 is 16.1 Å². The molecule has 3 heterocycles. The summed E-state index contributed by atoms with van der Waals surface area (Å²) in [6, 6.07) is 6.73. The highest BCUT2D eigenvalue weighted by atomic mass is 35.5. The number of nitrogens with zero attached hydrogens (tertiary/aromatic N) is 3. The molecule has 2 aliphatic rings. The summed E-state index contributed by atoms with van der Waals surface area (Å²) in [5.41, 5.74) is 1.58. The van der Waals surface area contributed by atoms with Crippen LogP contribution in [0.2, 0.25) is 5.02 Å². The van der Waals surface area contributed by atoms with Gasteiger partial charge in [0.2, 0.25) is 0 Å². The predicted molar refractivity (Wildman–Crippen MR) is 129 cm³/mol. The van der Waals surface area contributed by atoms with Crippen LogP contribution in [-0.4, -0.2) is 82.6 Å². The van der Waals surface area contributed by atoms with Gasteiger partial charge in [-0.1, -0.05) is 11.6 Å². The molecular weight excluding hydrogens is 500 g/mol. The minimum absolute atomic E-state index is 0.0321. The Balaban J connectivity index is 1.25. The van der Waals surface area contributed by atoms with Gasteiger partial charge in [0.25, 0.3) is 15.9 Å². The molecule has 9 nitrogen and oxygen atoms in total. The van der Waals surface area contributed by atoms with Crippen molar-refractivity contribution in [3.63, 3.8) is 0 Å². The Bertz CT molecular complexity index is 1330. The molecule has 0 saturated carbocycles. The Morgan fingerprint density at radius 3 is 2.76 bits per heavy atom. The molecule has 1 saturated heterocycles. The number of piperazine rings is 1. The first-order valence-electron chi connectivity index (χ1n) is 11.1. The van der Waals surface area contributed by atoms with E-state index in [0.717, 1.165) is 22.4 Å². The number of aliphatic hydroxyl groups excluding tert-OH is 2. The van der Waals surface area contributed by atoms with E-state index in [2.05, 4.69) is 9.97 Å². The molecule has 2 aromatic heterocycles. The van der Waals surface area contributed by atoms with Crippen molar-refractivity contribution in [2.75, 3.05) is 32.8 Å². The highest BCUT2D eigenvalue weighted by Crippen LogP contribution is 2.32. The fraction of sp³-hybridized carbons (Fsp3) is 0.455. The maximum absolute atomic E-state index is 13.1. The first-order valence-corrected chi connectivity index (χ1v) is 13.7. The number of aromatic nitrogens is 2. The molecule has 1 amide bonds. The molecule has 1 aromatic carbocycles. The van der Waals surface area contributed by atoms with Crippen LogP contribution in [0.5, 0.6) is 0 Å². The molecule has 182 valence electrons. The topological polar surface area (TPSA) is 127 Å². The smallest absolute Gasteiger partial charge is 0.282 e. The lowest BCUT2D eigenvalue weighted by atomic mass is 9.87. The van der Waals surface area contributed by atoms with E-state index in [1.807, 2.05) is 0 Å². The van der Waals surface area contributed by atoms with Gasteiger partial charge < -0.3 is 20.1 Å². The van der Waals surface area contributed by atoms with Gasteiger partial charge in [-0.15, -0.1) is 11.3 Å². The van der Waals surface area contributed by atoms with E-state index in [-0.39, 0.29) is 49.6 Å². The number of aryl methyl sites for hydroxylation is 1. The number of hydrogen-bond donors (Lipinski definition) is 3. The fourth-order valence-electron chi connectivity index (χ4n) is 4.59. The quantitative estimate of drug-likeness (QED) is 0.468. The van der Waals surface area contributed by atoms with Crippen molar-refractivity contribution in [2.45, 2.75) is 30.4 Å². The Hall–Kier alpha value is -2.02. The molecule has 2 unspecified atom stereocenters. The molecule has 12 heteroatoms. The summed E-state index contributed by atoms with van der Waals surface area (Å²) in [5, 5.41) is 20.9. The number of H-pyrrole nitrogens is 1. The molecule has 0 spiro atoms. The second-order valence-corrected chi connectivity index (χ2v) is 12.1. The summed E-state index contributed by atoms with van der Waals surface area (Å²) >= 11 is 7.34. The van der Waals surface area contributed by atoms with Crippen LogP contribution in [-0.2, 0) is 22.9 Å². The minimum atomic E-state index is -3.73. The van der Waals surface area contributed by atoms with Crippen molar-refractivity contribution in [1.29, 1.82) is 0 Å². The third-order valence-electron chi connectivity index (χ3n) is 6.59. The number of amides is 1. The number of thiazole rings is 1. The second-order valence-electron chi connectivity index (χ2n) is 8.70. The average Bonchev–Trinajstić information content (AvgIpc) is 3.47. The van der Waals surface area contributed by atoms with Gasteiger partial charge in [0, 0.05) is 47.0 Å². The predicted octanol–water partition coefficient (Wildman–Crippen LogP) is 1.88. The van der Waals surface area contributed by atoms with Gasteiger partial charge in [-0.2, -0.15) is 4.31 Å². The first kappa shape index (κ1) is 23.7. The monoisotopic (exact) mass is 524 g/mol. The summed E-state index contributed by atoms with van der Waals surface area (Å²) in [7, 11) is -3.73. The van der Waals surface area contributed by atoms with Gasteiger partial charge in [-0.25, -0.2) is 13.4 Å². The van der Waals surface area contributed by atoms with Crippen LogP contribution in [0, 0.1) is 5.92 Å². The van der Waals surface area contributed by atoms with E-state index in [4.69, 9.17) is 11.6 Å². The number of benzene rings is 1. The Kier molecular flexibility index (Phi) is 6.42. The van der Waals surface area contributed by atoms with Crippen LogP contribution in [0.3, 0.4) is 0 Å². The van der Waals surface area contributed by atoms with Crippen molar-refractivity contribution < 1.29 is 23.4 Å². The van der Waals surface area contributed by atoms with Gasteiger partial charge in [-0.3, -0.25) is 4.79 Å². The van der Waals surface area contributed by atoms with Gasteiger partial charge >= 0.3 is 0 Å². The lowest BCUT2D eigenvalue weighted by Gasteiger charge is -2.33. The summed E-state index contributed by atoms with van der Waals surface area (Å²) in [6.45, 7) is 0.671. The normalized spacial score (nSPS) is 20.4. The number of carbonyl (C=O) groups is 1. The van der Waals surface area contributed by atoms with E-state index in [0.29, 0.717) is 28.4 Å². The number of nitrogens with one attached hydrogen (secondary N) is 1. The summed E-state index contributed by atoms with van der Waals surface area (Å²) in [6.07, 6.45) is 1.23. The lowest BCUT2D eigenvalue weighted by molar-refractivity contribution is 0.0419. The summed E-state index contributed by atoms with van der Waals surface area (Å²) in [4.78, 5) is 23.2. The molecule has 1 aliphatic carbocycles. The highest BCUT2D eigenvalue weighted by Gasteiger charge is 2.34. The lowest BCUT2D eigenvalue weighted by Crippen LogP contribution is -2.50. The highest BCUT2D eigenvalue weighted by molar-refractivity contribution is 7.89. The SMILES string of the molecule is O=C(c1nc2c(s1)CC(C(O)CO)CC2)N1CCN(S(=O)(=O)c2cc3cc(Cl)ccc3[nH]2)CC1. The molecule has 0 radical (unpaired) electrons. The Morgan fingerprint density at radius 1 is 1.26 bits per heavy atom. The molecule has 3 N–H and O–H groups in total. The molecule has 1 fully saturated rings. The number of fused-ring (bicyclic) bond motifs is 2. The van der Waals surface area contributed by atoms with Gasteiger partial charge in [0.1, 0.15) is 5.03 Å². The van der Waals surface area contributed by atoms with Crippen molar-refractivity contribution in [1.82, 2.24) is 19.2 Å². The number of halogens is 1. The summed E-state index contributed by atoms with van der Waals surface area (Å²) < 4.78 is 27.7.